The number of carbonyl (C=O) groups excluding carboxylic acids is 1. The number of piperidine rings is 1. The highest BCUT2D eigenvalue weighted by Crippen LogP contribution is 2.37. The second-order valence-corrected chi connectivity index (χ2v) is 6.28. The van der Waals surface area contributed by atoms with Crippen molar-refractivity contribution in [2.75, 3.05) is 13.1 Å². The van der Waals surface area contributed by atoms with Gasteiger partial charge in [-0.05, 0) is 50.6 Å². The molecule has 0 bridgehead atoms. The third-order valence-corrected chi connectivity index (χ3v) is 5.13. The summed E-state index contributed by atoms with van der Waals surface area (Å²) in [5, 5.41) is 9.67. The van der Waals surface area contributed by atoms with Crippen molar-refractivity contribution in [2.45, 2.75) is 57.0 Å². The van der Waals surface area contributed by atoms with Gasteiger partial charge in [0.1, 0.15) is 5.54 Å². The number of amides is 1. The van der Waals surface area contributed by atoms with Crippen LogP contribution in [-0.2, 0) is 4.79 Å². The van der Waals surface area contributed by atoms with E-state index < -0.39 is 0 Å². The largest absolute Gasteiger partial charge is 0.319 e. The first kappa shape index (κ1) is 15.1. The van der Waals surface area contributed by atoms with E-state index in [0.717, 1.165) is 63.9 Å². The van der Waals surface area contributed by atoms with Crippen LogP contribution in [0.1, 0.15) is 45.4 Å². The van der Waals surface area contributed by atoms with Crippen LogP contribution in [0, 0.1) is 17.2 Å². The standard InChI is InChI=1S/C16H25N3O/c1-3-18(13-20)15-6-10-19(11-7-15)16(12-17)8-4-14(2)5-9-16/h3,13-15H,1,4-11H2,2H3. The summed E-state index contributed by atoms with van der Waals surface area (Å²) in [6, 6.07) is 2.85. The van der Waals surface area contributed by atoms with Crippen molar-refractivity contribution < 1.29 is 4.79 Å². The minimum Gasteiger partial charge on any atom is -0.319 e. The molecule has 1 aliphatic carbocycles. The van der Waals surface area contributed by atoms with Gasteiger partial charge < -0.3 is 4.90 Å². The molecule has 1 saturated heterocycles. The first-order chi connectivity index (χ1) is 9.65. The third-order valence-electron chi connectivity index (χ3n) is 5.13. The summed E-state index contributed by atoms with van der Waals surface area (Å²) in [4.78, 5) is 15.0. The van der Waals surface area contributed by atoms with Crippen molar-refractivity contribution in [3.63, 3.8) is 0 Å². The van der Waals surface area contributed by atoms with Gasteiger partial charge in [0.25, 0.3) is 0 Å². The van der Waals surface area contributed by atoms with E-state index in [-0.39, 0.29) is 11.6 Å². The lowest BCUT2D eigenvalue weighted by molar-refractivity contribution is -0.118. The van der Waals surface area contributed by atoms with Crippen molar-refractivity contribution >= 4 is 6.41 Å². The predicted molar refractivity (Wildman–Crippen MR) is 78.7 cm³/mol. The number of carbonyl (C=O) groups is 1. The summed E-state index contributed by atoms with van der Waals surface area (Å²) < 4.78 is 0. The molecule has 2 fully saturated rings. The van der Waals surface area contributed by atoms with Crippen molar-refractivity contribution in [3.05, 3.63) is 12.8 Å². The van der Waals surface area contributed by atoms with E-state index in [1.54, 1.807) is 11.1 Å². The maximum atomic E-state index is 11.0. The van der Waals surface area contributed by atoms with Gasteiger partial charge in [0.2, 0.25) is 6.41 Å². The van der Waals surface area contributed by atoms with Gasteiger partial charge in [-0.3, -0.25) is 9.69 Å². The number of rotatable bonds is 4. The molecule has 0 spiro atoms. The average molecular weight is 275 g/mol. The zero-order valence-electron chi connectivity index (χ0n) is 12.4. The van der Waals surface area contributed by atoms with E-state index in [1.165, 1.54) is 0 Å². The van der Waals surface area contributed by atoms with Gasteiger partial charge in [0.15, 0.2) is 0 Å². The summed E-state index contributed by atoms with van der Waals surface area (Å²) in [6.07, 6.45) is 8.63. The first-order valence-corrected chi connectivity index (χ1v) is 7.67. The van der Waals surface area contributed by atoms with Crippen molar-refractivity contribution in [1.82, 2.24) is 9.80 Å². The van der Waals surface area contributed by atoms with E-state index in [0.29, 0.717) is 0 Å². The highest BCUT2D eigenvalue weighted by molar-refractivity contribution is 5.49. The summed E-state index contributed by atoms with van der Waals surface area (Å²) >= 11 is 0. The molecule has 0 aromatic carbocycles. The molecule has 20 heavy (non-hydrogen) atoms. The van der Waals surface area contributed by atoms with E-state index in [2.05, 4.69) is 24.5 Å². The molecule has 0 radical (unpaired) electrons. The van der Waals surface area contributed by atoms with Gasteiger partial charge in [-0.25, -0.2) is 0 Å². The summed E-state index contributed by atoms with van der Waals surface area (Å²) in [5.74, 6) is 0.750. The minimum atomic E-state index is -0.252. The second-order valence-electron chi connectivity index (χ2n) is 6.28. The second kappa shape index (κ2) is 6.41. The number of hydrogen-bond acceptors (Lipinski definition) is 3. The fourth-order valence-corrected chi connectivity index (χ4v) is 3.61. The molecule has 0 N–H and O–H groups in total. The van der Waals surface area contributed by atoms with E-state index in [9.17, 15) is 10.1 Å². The fraction of sp³-hybridized carbons (Fsp3) is 0.750. The SMILES string of the molecule is C=CN(C=O)C1CCN(C2(C#N)CCC(C)CC2)CC1. The molecule has 4 nitrogen and oxygen atoms in total. The van der Waals surface area contributed by atoms with Crippen LogP contribution in [0.3, 0.4) is 0 Å². The quantitative estimate of drug-likeness (QED) is 0.741. The van der Waals surface area contributed by atoms with Crippen molar-refractivity contribution in [3.8, 4) is 6.07 Å². The Morgan fingerprint density at radius 2 is 1.90 bits per heavy atom. The lowest BCUT2D eigenvalue weighted by atomic mass is 9.76. The maximum Gasteiger partial charge on any atom is 0.213 e. The van der Waals surface area contributed by atoms with Crippen LogP contribution in [-0.4, -0.2) is 40.9 Å². The molecule has 110 valence electrons. The molecular formula is C16H25N3O. The molecule has 1 amide bonds. The van der Waals surface area contributed by atoms with Crippen LogP contribution in [0.4, 0.5) is 0 Å². The molecular weight excluding hydrogens is 250 g/mol. The Hall–Kier alpha value is -1.34. The van der Waals surface area contributed by atoms with Crippen LogP contribution >= 0.6 is 0 Å². The van der Waals surface area contributed by atoms with Gasteiger partial charge >= 0.3 is 0 Å². The fourth-order valence-electron chi connectivity index (χ4n) is 3.61. The molecule has 0 atom stereocenters. The Labute approximate surface area is 122 Å². The highest BCUT2D eigenvalue weighted by atomic mass is 16.1. The molecule has 1 heterocycles. The lowest BCUT2D eigenvalue weighted by Crippen LogP contribution is -2.54. The summed E-state index contributed by atoms with van der Waals surface area (Å²) in [6.45, 7) is 7.78. The van der Waals surface area contributed by atoms with E-state index >= 15 is 0 Å². The zero-order valence-corrected chi connectivity index (χ0v) is 12.4. The van der Waals surface area contributed by atoms with Crippen LogP contribution in [0.5, 0.6) is 0 Å². The van der Waals surface area contributed by atoms with Crippen molar-refractivity contribution in [1.29, 1.82) is 5.26 Å². The van der Waals surface area contributed by atoms with Crippen LogP contribution in [0.2, 0.25) is 0 Å². The molecule has 0 aromatic rings. The number of nitrogens with zero attached hydrogens (tertiary/aromatic N) is 3. The molecule has 1 saturated carbocycles. The molecule has 2 rings (SSSR count). The molecule has 0 unspecified atom stereocenters. The van der Waals surface area contributed by atoms with E-state index in [1.807, 2.05) is 0 Å². The zero-order chi connectivity index (χ0) is 14.6. The van der Waals surface area contributed by atoms with Gasteiger partial charge in [0.05, 0.1) is 6.07 Å². The third kappa shape index (κ3) is 2.88. The van der Waals surface area contributed by atoms with Crippen LogP contribution < -0.4 is 0 Å². The number of hydrogen-bond donors (Lipinski definition) is 0. The van der Waals surface area contributed by atoms with Gasteiger partial charge in [0, 0.05) is 19.1 Å². The molecule has 4 heteroatoms. The van der Waals surface area contributed by atoms with Gasteiger partial charge in [-0.15, -0.1) is 0 Å². The molecule has 1 aliphatic heterocycles. The highest BCUT2D eigenvalue weighted by Gasteiger charge is 2.41. The van der Waals surface area contributed by atoms with Crippen LogP contribution in [0.25, 0.3) is 0 Å². The average Bonchev–Trinajstić information content (AvgIpc) is 2.50. The van der Waals surface area contributed by atoms with Gasteiger partial charge in [-0.2, -0.15) is 5.26 Å². The lowest BCUT2D eigenvalue weighted by Gasteiger charge is -2.46. The Morgan fingerprint density at radius 1 is 1.30 bits per heavy atom. The molecule has 2 aliphatic rings. The van der Waals surface area contributed by atoms with E-state index in [4.69, 9.17) is 0 Å². The Bertz CT molecular complexity index is 377. The number of nitriles is 1. The minimum absolute atomic E-state index is 0.250. The van der Waals surface area contributed by atoms with Crippen molar-refractivity contribution in [2.24, 2.45) is 5.92 Å². The Balaban J connectivity index is 1.97. The Kier molecular flexibility index (Phi) is 4.82. The first-order valence-electron chi connectivity index (χ1n) is 7.67. The smallest absolute Gasteiger partial charge is 0.213 e. The van der Waals surface area contributed by atoms with Gasteiger partial charge in [-0.1, -0.05) is 13.5 Å². The topological polar surface area (TPSA) is 47.3 Å². The normalized spacial score (nSPS) is 32.3. The van der Waals surface area contributed by atoms with Crippen LogP contribution in [0.15, 0.2) is 12.8 Å². The molecule has 0 aromatic heterocycles. The Morgan fingerprint density at radius 3 is 2.35 bits per heavy atom. The summed E-state index contributed by atoms with van der Waals surface area (Å²) in [7, 11) is 0. The monoisotopic (exact) mass is 275 g/mol. The maximum absolute atomic E-state index is 11.0. The summed E-state index contributed by atoms with van der Waals surface area (Å²) in [5.41, 5.74) is -0.252. The predicted octanol–water partition coefficient (Wildman–Crippen LogP) is 2.53. The number of likely N-dealkylation sites (tertiary alicyclic amines) is 1.